The van der Waals surface area contributed by atoms with Gasteiger partial charge in [-0.1, -0.05) is 0 Å². The molecule has 0 saturated heterocycles. The van der Waals surface area contributed by atoms with Crippen molar-refractivity contribution in [2.75, 3.05) is 11.8 Å². The highest BCUT2D eigenvalue weighted by Crippen LogP contribution is 2.10. The highest BCUT2D eigenvalue weighted by Gasteiger charge is 2.20. The van der Waals surface area contributed by atoms with Gasteiger partial charge in [-0.3, -0.25) is 4.98 Å². The van der Waals surface area contributed by atoms with Crippen molar-refractivity contribution in [3.63, 3.8) is 0 Å². The third kappa shape index (κ3) is 3.45. The van der Waals surface area contributed by atoms with E-state index in [1.807, 2.05) is 19.1 Å². The second-order valence-electron chi connectivity index (χ2n) is 3.54. The molecule has 1 aromatic heterocycles. The first kappa shape index (κ1) is 11.8. The van der Waals surface area contributed by atoms with Crippen LogP contribution in [-0.4, -0.2) is 22.3 Å². The minimum atomic E-state index is -0.202. The standard InChI is InChI=1S/C10H14Cl2N2/c1-10(7-11,8-12)14-6-9-2-4-13-5-3-9/h2-5,14H,6-8H2,1H3. The van der Waals surface area contributed by atoms with Gasteiger partial charge >= 0.3 is 0 Å². The molecule has 0 saturated carbocycles. The smallest absolute Gasteiger partial charge is 0.0427 e. The lowest BCUT2D eigenvalue weighted by Crippen LogP contribution is -2.45. The van der Waals surface area contributed by atoms with E-state index in [0.717, 1.165) is 6.54 Å². The monoisotopic (exact) mass is 232 g/mol. The van der Waals surface area contributed by atoms with Gasteiger partial charge in [-0.2, -0.15) is 0 Å². The third-order valence-electron chi connectivity index (χ3n) is 2.06. The van der Waals surface area contributed by atoms with Crippen LogP contribution in [0.2, 0.25) is 0 Å². The van der Waals surface area contributed by atoms with Gasteiger partial charge in [0.2, 0.25) is 0 Å². The van der Waals surface area contributed by atoms with E-state index >= 15 is 0 Å². The number of aromatic nitrogens is 1. The number of nitrogens with zero attached hydrogens (tertiary/aromatic N) is 1. The van der Waals surface area contributed by atoms with E-state index in [1.165, 1.54) is 5.56 Å². The van der Waals surface area contributed by atoms with Crippen molar-refractivity contribution in [3.05, 3.63) is 30.1 Å². The Hall–Kier alpha value is -0.310. The van der Waals surface area contributed by atoms with Crippen LogP contribution >= 0.6 is 23.2 Å². The quantitative estimate of drug-likeness (QED) is 0.790. The first-order valence-electron chi connectivity index (χ1n) is 4.46. The molecule has 14 heavy (non-hydrogen) atoms. The molecule has 0 unspecified atom stereocenters. The molecule has 0 fully saturated rings. The predicted molar refractivity (Wildman–Crippen MR) is 60.9 cm³/mol. The second-order valence-corrected chi connectivity index (χ2v) is 4.07. The van der Waals surface area contributed by atoms with Crippen molar-refractivity contribution >= 4 is 23.2 Å². The van der Waals surface area contributed by atoms with Crippen LogP contribution in [0.3, 0.4) is 0 Å². The molecule has 0 bridgehead atoms. The summed E-state index contributed by atoms with van der Waals surface area (Å²) in [5.74, 6) is 1.00. The summed E-state index contributed by atoms with van der Waals surface area (Å²) >= 11 is 11.6. The van der Waals surface area contributed by atoms with Crippen LogP contribution in [0.1, 0.15) is 12.5 Å². The molecule has 78 valence electrons. The molecule has 0 spiro atoms. The van der Waals surface area contributed by atoms with Gasteiger partial charge < -0.3 is 5.32 Å². The van der Waals surface area contributed by atoms with Crippen LogP contribution in [0.15, 0.2) is 24.5 Å². The average Bonchev–Trinajstić information content (AvgIpc) is 2.27. The SMILES string of the molecule is CC(CCl)(CCl)NCc1ccncc1. The van der Waals surface area contributed by atoms with E-state index in [2.05, 4.69) is 10.3 Å². The van der Waals surface area contributed by atoms with Crippen LogP contribution in [0.5, 0.6) is 0 Å². The highest BCUT2D eigenvalue weighted by molar-refractivity contribution is 6.22. The lowest BCUT2D eigenvalue weighted by atomic mass is 10.1. The van der Waals surface area contributed by atoms with E-state index in [0.29, 0.717) is 11.8 Å². The zero-order valence-electron chi connectivity index (χ0n) is 8.13. The van der Waals surface area contributed by atoms with Crippen molar-refractivity contribution in [2.24, 2.45) is 0 Å². The summed E-state index contributed by atoms with van der Waals surface area (Å²) in [5.41, 5.74) is 0.980. The number of hydrogen-bond donors (Lipinski definition) is 1. The normalized spacial score (nSPS) is 11.6. The van der Waals surface area contributed by atoms with Crippen LogP contribution in [-0.2, 0) is 6.54 Å². The summed E-state index contributed by atoms with van der Waals surface area (Å²) in [5, 5.41) is 3.32. The summed E-state index contributed by atoms with van der Waals surface area (Å²) in [6.07, 6.45) is 3.55. The molecule has 2 nitrogen and oxygen atoms in total. The fourth-order valence-electron chi connectivity index (χ4n) is 0.946. The lowest BCUT2D eigenvalue weighted by Gasteiger charge is -2.25. The summed E-state index contributed by atoms with van der Waals surface area (Å²) < 4.78 is 0. The zero-order chi connectivity index (χ0) is 10.4. The zero-order valence-corrected chi connectivity index (χ0v) is 9.65. The van der Waals surface area contributed by atoms with Crippen molar-refractivity contribution < 1.29 is 0 Å². The first-order chi connectivity index (χ1) is 6.70. The minimum Gasteiger partial charge on any atom is -0.305 e. The predicted octanol–water partition coefficient (Wildman–Crippen LogP) is 2.41. The molecule has 0 amide bonds. The molecule has 1 N–H and O–H groups in total. The molecule has 0 aromatic carbocycles. The van der Waals surface area contributed by atoms with E-state index < -0.39 is 0 Å². The van der Waals surface area contributed by atoms with Gasteiger partial charge in [0.15, 0.2) is 0 Å². The van der Waals surface area contributed by atoms with Gasteiger partial charge in [-0.25, -0.2) is 0 Å². The van der Waals surface area contributed by atoms with Crippen molar-refractivity contribution in [1.82, 2.24) is 10.3 Å². The number of pyridine rings is 1. The summed E-state index contributed by atoms with van der Waals surface area (Å²) in [6.45, 7) is 2.77. The van der Waals surface area contributed by atoms with Crippen LogP contribution in [0, 0.1) is 0 Å². The number of halogens is 2. The van der Waals surface area contributed by atoms with E-state index in [1.54, 1.807) is 12.4 Å². The van der Waals surface area contributed by atoms with Gasteiger partial charge in [0.05, 0.1) is 0 Å². The fraction of sp³-hybridized carbons (Fsp3) is 0.500. The molecule has 1 rings (SSSR count). The molecule has 1 heterocycles. The maximum absolute atomic E-state index is 5.82. The van der Waals surface area contributed by atoms with E-state index in [9.17, 15) is 0 Å². The van der Waals surface area contributed by atoms with Gasteiger partial charge in [0.25, 0.3) is 0 Å². The van der Waals surface area contributed by atoms with Gasteiger partial charge in [0, 0.05) is 36.2 Å². The number of rotatable bonds is 5. The average molecular weight is 233 g/mol. The molecular formula is C10H14Cl2N2. The molecule has 0 atom stereocenters. The van der Waals surface area contributed by atoms with Gasteiger partial charge in [-0.05, 0) is 24.6 Å². The maximum Gasteiger partial charge on any atom is 0.0427 e. The summed E-state index contributed by atoms with van der Waals surface area (Å²) in [7, 11) is 0. The largest absolute Gasteiger partial charge is 0.305 e. The Morgan fingerprint density at radius 3 is 2.36 bits per heavy atom. The molecule has 0 aliphatic carbocycles. The Balaban J connectivity index is 2.48. The molecule has 4 heteroatoms. The molecule has 1 aromatic rings. The Kier molecular flexibility index (Phi) is 4.66. The number of alkyl halides is 2. The van der Waals surface area contributed by atoms with Crippen molar-refractivity contribution in [3.8, 4) is 0 Å². The van der Waals surface area contributed by atoms with E-state index in [-0.39, 0.29) is 5.54 Å². The number of hydrogen-bond acceptors (Lipinski definition) is 2. The summed E-state index contributed by atoms with van der Waals surface area (Å²) in [6, 6.07) is 3.94. The van der Waals surface area contributed by atoms with Crippen LogP contribution in [0.4, 0.5) is 0 Å². The summed E-state index contributed by atoms with van der Waals surface area (Å²) in [4.78, 5) is 3.95. The van der Waals surface area contributed by atoms with Gasteiger partial charge in [-0.15, -0.1) is 23.2 Å². The van der Waals surface area contributed by atoms with Crippen LogP contribution < -0.4 is 5.32 Å². The topological polar surface area (TPSA) is 24.9 Å². The Bertz CT molecular complexity index is 260. The second kappa shape index (κ2) is 5.54. The molecule has 0 aliphatic heterocycles. The first-order valence-corrected chi connectivity index (χ1v) is 5.53. The molecular weight excluding hydrogens is 219 g/mol. The Labute approximate surface area is 94.6 Å². The maximum atomic E-state index is 5.82. The highest BCUT2D eigenvalue weighted by atomic mass is 35.5. The van der Waals surface area contributed by atoms with Crippen molar-refractivity contribution in [2.45, 2.75) is 19.0 Å². The number of nitrogens with one attached hydrogen (secondary N) is 1. The Morgan fingerprint density at radius 1 is 1.29 bits per heavy atom. The van der Waals surface area contributed by atoms with Gasteiger partial charge in [0.1, 0.15) is 0 Å². The Morgan fingerprint density at radius 2 is 1.86 bits per heavy atom. The van der Waals surface area contributed by atoms with Crippen molar-refractivity contribution in [1.29, 1.82) is 0 Å². The fourth-order valence-corrected chi connectivity index (χ4v) is 1.42. The third-order valence-corrected chi connectivity index (χ3v) is 3.24. The lowest BCUT2D eigenvalue weighted by molar-refractivity contribution is 0.435. The van der Waals surface area contributed by atoms with E-state index in [4.69, 9.17) is 23.2 Å². The minimum absolute atomic E-state index is 0.202. The molecule has 0 aliphatic rings. The van der Waals surface area contributed by atoms with Crippen LogP contribution in [0.25, 0.3) is 0 Å². The molecule has 0 radical (unpaired) electrons.